The van der Waals surface area contributed by atoms with E-state index in [9.17, 15) is 9.59 Å². The van der Waals surface area contributed by atoms with Crippen LogP contribution in [0.1, 0.15) is 47.5 Å². The van der Waals surface area contributed by atoms with Crippen LogP contribution in [0, 0.1) is 0 Å². The minimum absolute atomic E-state index is 0.232. The molecular formula is C15H23NO4. The monoisotopic (exact) mass is 281 g/mol. The molecule has 1 heterocycles. The highest BCUT2D eigenvalue weighted by Gasteiger charge is 2.29. The lowest BCUT2D eigenvalue weighted by molar-refractivity contribution is -0.151. The van der Waals surface area contributed by atoms with Crippen LogP contribution in [-0.4, -0.2) is 24.6 Å². The highest BCUT2D eigenvalue weighted by molar-refractivity contribution is 5.96. The minimum Gasteiger partial charge on any atom is -0.466 e. The summed E-state index contributed by atoms with van der Waals surface area (Å²) in [5.41, 5.74) is 1.83. The first-order chi connectivity index (χ1) is 9.21. The molecule has 0 aromatic heterocycles. The summed E-state index contributed by atoms with van der Waals surface area (Å²) in [5.74, 6) is -0.821. The summed E-state index contributed by atoms with van der Waals surface area (Å²) in [4.78, 5) is 24.0. The van der Waals surface area contributed by atoms with E-state index in [2.05, 4.69) is 5.32 Å². The van der Waals surface area contributed by atoms with Gasteiger partial charge in [-0.05, 0) is 34.1 Å². The van der Waals surface area contributed by atoms with Gasteiger partial charge in [0, 0.05) is 17.8 Å². The van der Waals surface area contributed by atoms with Crippen LogP contribution >= 0.6 is 0 Å². The van der Waals surface area contributed by atoms with Gasteiger partial charge in [-0.2, -0.15) is 0 Å². The minimum atomic E-state index is -0.522. The number of allylic oxidation sites excluding steroid dienone is 2. The van der Waals surface area contributed by atoms with Crippen LogP contribution in [0.3, 0.4) is 0 Å². The largest absolute Gasteiger partial charge is 0.466 e. The van der Waals surface area contributed by atoms with Gasteiger partial charge in [-0.25, -0.2) is 9.59 Å². The number of hydrogen-bond donors (Lipinski definition) is 1. The molecule has 0 saturated carbocycles. The molecule has 0 aromatic carbocycles. The molecule has 1 aliphatic heterocycles. The Morgan fingerprint density at radius 2 is 1.65 bits per heavy atom. The van der Waals surface area contributed by atoms with Crippen molar-refractivity contribution in [2.45, 2.75) is 53.1 Å². The van der Waals surface area contributed by atoms with Crippen LogP contribution in [0.5, 0.6) is 0 Å². The lowest BCUT2D eigenvalue weighted by Gasteiger charge is -2.27. The molecule has 0 atom stereocenters. The fraction of sp³-hybridized carbons (Fsp3) is 0.600. The van der Waals surface area contributed by atoms with E-state index in [1.807, 2.05) is 20.8 Å². The maximum atomic E-state index is 12.3. The van der Waals surface area contributed by atoms with Crippen LogP contribution in [0.4, 0.5) is 0 Å². The molecule has 112 valence electrons. The van der Waals surface area contributed by atoms with Crippen molar-refractivity contribution >= 4 is 11.9 Å². The third-order valence-corrected chi connectivity index (χ3v) is 3.53. The molecule has 0 saturated heterocycles. The van der Waals surface area contributed by atoms with Crippen molar-refractivity contribution in [2.75, 3.05) is 7.11 Å². The summed E-state index contributed by atoms with van der Waals surface area (Å²) < 4.78 is 10.2. The molecule has 0 aromatic rings. The fourth-order valence-electron chi connectivity index (χ4n) is 1.83. The number of nitrogens with one attached hydrogen (secondary N) is 1. The van der Waals surface area contributed by atoms with Crippen molar-refractivity contribution < 1.29 is 19.1 Å². The van der Waals surface area contributed by atoms with Crippen molar-refractivity contribution in [2.24, 2.45) is 0 Å². The predicted octanol–water partition coefficient (Wildman–Crippen LogP) is 2.43. The number of rotatable bonds is 4. The number of hydrogen-bond acceptors (Lipinski definition) is 5. The first-order valence-corrected chi connectivity index (χ1v) is 6.70. The number of methoxy groups -OCH3 is 1. The van der Waals surface area contributed by atoms with Gasteiger partial charge in [0.05, 0.1) is 18.3 Å². The maximum Gasteiger partial charge on any atom is 0.336 e. The van der Waals surface area contributed by atoms with Gasteiger partial charge < -0.3 is 14.8 Å². The zero-order valence-electron chi connectivity index (χ0n) is 13.0. The SMILES string of the molecule is CCC(C)(C)OC(=O)C1=C(C)NC(C)=C(C(=O)OC)C1. The lowest BCUT2D eigenvalue weighted by atomic mass is 9.97. The number of dihydropyridines is 1. The van der Waals surface area contributed by atoms with Gasteiger partial charge in [0.2, 0.25) is 0 Å². The Kier molecular flexibility index (Phi) is 4.98. The van der Waals surface area contributed by atoms with E-state index in [1.54, 1.807) is 13.8 Å². The molecule has 0 fully saturated rings. The standard InChI is InChI=1S/C15H23NO4/c1-7-15(4,5)20-14(18)12-8-11(13(17)19-6)9(2)16-10(12)3/h16H,7-8H2,1-6H3. The van der Waals surface area contributed by atoms with Crippen LogP contribution in [0.25, 0.3) is 0 Å². The smallest absolute Gasteiger partial charge is 0.336 e. The van der Waals surface area contributed by atoms with Crippen LogP contribution < -0.4 is 5.32 Å². The van der Waals surface area contributed by atoms with Crippen molar-refractivity contribution in [3.63, 3.8) is 0 Å². The highest BCUT2D eigenvalue weighted by Crippen LogP contribution is 2.26. The van der Waals surface area contributed by atoms with E-state index in [-0.39, 0.29) is 6.42 Å². The normalized spacial score (nSPS) is 15.9. The molecule has 5 heteroatoms. The van der Waals surface area contributed by atoms with Gasteiger partial charge in [0.25, 0.3) is 0 Å². The summed E-state index contributed by atoms with van der Waals surface area (Å²) in [6.07, 6.45) is 0.952. The number of esters is 2. The Hall–Kier alpha value is -1.78. The van der Waals surface area contributed by atoms with Crippen molar-refractivity contribution in [3.8, 4) is 0 Å². The van der Waals surface area contributed by atoms with Crippen molar-refractivity contribution in [3.05, 3.63) is 22.5 Å². The second kappa shape index (κ2) is 6.11. The van der Waals surface area contributed by atoms with Gasteiger partial charge in [-0.15, -0.1) is 0 Å². The van der Waals surface area contributed by atoms with E-state index in [0.29, 0.717) is 22.5 Å². The zero-order valence-corrected chi connectivity index (χ0v) is 13.0. The Morgan fingerprint density at radius 1 is 1.15 bits per heavy atom. The molecule has 5 nitrogen and oxygen atoms in total. The Labute approximate surface area is 120 Å². The molecule has 0 bridgehead atoms. The van der Waals surface area contributed by atoms with Crippen molar-refractivity contribution in [1.29, 1.82) is 0 Å². The van der Waals surface area contributed by atoms with E-state index in [1.165, 1.54) is 7.11 Å². The Balaban J connectivity index is 2.94. The predicted molar refractivity (Wildman–Crippen MR) is 75.6 cm³/mol. The lowest BCUT2D eigenvalue weighted by Crippen LogP contribution is -2.31. The van der Waals surface area contributed by atoms with Crippen LogP contribution in [0.15, 0.2) is 22.5 Å². The summed E-state index contributed by atoms with van der Waals surface area (Å²) in [5, 5.41) is 3.04. The Morgan fingerprint density at radius 3 is 2.10 bits per heavy atom. The molecular weight excluding hydrogens is 258 g/mol. The summed E-state index contributed by atoms with van der Waals surface area (Å²) in [7, 11) is 1.33. The number of carbonyl (C=O) groups excluding carboxylic acids is 2. The van der Waals surface area contributed by atoms with Crippen LogP contribution in [-0.2, 0) is 19.1 Å². The van der Waals surface area contributed by atoms with E-state index < -0.39 is 17.5 Å². The molecule has 1 N–H and O–H groups in total. The summed E-state index contributed by atoms with van der Waals surface area (Å²) in [6, 6.07) is 0. The quantitative estimate of drug-likeness (QED) is 0.802. The molecule has 1 rings (SSSR count). The van der Waals surface area contributed by atoms with E-state index in [0.717, 1.165) is 6.42 Å². The molecule has 0 spiro atoms. The third-order valence-electron chi connectivity index (χ3n) is 3.53. The van der Waals surface area contributed by atoms with Gasteiger partial charge in [0.1, 0.15) is 5.60 Å². The second-order valence-corrected chi connectivity index (χ2v) is 5.50. The molecule has 0 unspecified atom stereocenters. The molecule has 0 aliphatic carbocycles. The molecule has 20 heavy (non-hydrogen) atoms. The first-order valence-electron chi connectivity index (χ1n) is 6.70. The van der Waals surface area contributed by atoms with Gasteiger partial charge in [-0.1, -0.05) is 6.92 Å². The number of carbonyl (C=O) groups is 2. The molecule has 0 radical (unpaired) electrons. The van der Waals surface area contributed by atoms with Gasteiger partial charge in [0.15, 0.2) is 0 Å². The molecule has 1 aliphatic rings. The van der Waals surface area contributed by atoms with Gasteiger partial charge in [-0.3, -0.25) is 0 Å². The average molecular weight is 281 g/mol. The topological polar surface area (TPSA) is 64.6 Å². The summed E-state index contributed by atoms with van der Waals surface area (Å²) >= 11 is 0. The molecule has 0 amide bonds. The first kappa shape index (κ1) is 16.3. The zero-order chi connectivity index (χ0) is 15.5. The van der Waals surface area contributed by atoms with E-state index >= 15 is 0 Å². The second-order valence-electron chi connectivity index (χ2n) is 5.50. The Bertz CT molecular complexity index is 486. The number of ether oxygens (including phenoxy) is 2. The summed E-state index contributed by atoms with van der Waals surface area (Å²) in [6.45, 7) is 9.26. The fourth-order valence-corrected chi connectivity index (χ4v) is 1.83. The maximum absolute atomic E-state index is 12.3. The van der Waals surface area contributed by atoms with Crippen molar-refractivity contribution in [1.82, 2.24) is 5.32 Å². The van der Waals surface area contributed by atoms with Gasteiger partial charge >= 0.3 is 11.9 Å². The average Bonchev–Trinajstić information content (AvgIpc) is 2.37. The van der Waals surface area contributed by atoms with Crippen LogP contribution in [0.2, 0.25) is 0 Å². The van der Waals surface area contributed by atoms with E-state index in [4.69, 9.17) is 9.47 Å². The third kappa shape index (κ3) is 3.62. The highest BCUT2D eigenvalue weighted by atomic mass is 16.6.